The van der Waals surface area contributed by atoms with Crippen LogP contribution in [0.2, 0.25) is 5.02 Å². The molecule has 1 nitrogen and oxygen atoms in total. The third-order valence-electron chi connectivity index (χ3n) is 3.42. The van der Waals surface area contributed by atoms with Crippen molar-refractivity contribution in [1.82, 2.24) is 5.32 Å². The summed E-state index contributed by atoms with van der Waals surface area (Å²) in [7, 11) is 0. The van der Waals surface area contributed by atoms with Gasteiger partial charge in [-0.2, -0.15) is 0 Å². The molecular formula is C16H20ClNS. The standard InChI is InChI=1S/C16H20ClNS/c1-4-18-15(16-14(17)7-8-19-16)10-13-6-5-11(2)12(3)9-13/h5-9,15,18H,4,10H2,1-3H3. The van der Waals surface area contributed by atoms with Crippen molar-refractivity contribution in [1.29, 1.82) is 0 Å². The van der Waals surface area contributed by atoms with Crippen molar-refractivity contribution in [2.75, 3.05) is 6.54 Å². The van der Waals surface area contributed by atoms with Crippen LogP contribution in [0.25, 0.3) is 0 Å². The van der Waals surface area contributed by atoms with Crippen LogP contribution < -0.4 is 5.32 Å². The van der Waals surface area contributed by atoms with E-state index < -0.39 is 0 Å². The summed E-state index contributed by atoms with van der Waals surface area (Å²) < 4.78 is 0. The molecule has 0 amide bonds. The van der Waals surface area contributed by atoms with Crippen molar-refractivity contribution in [3.63, 3.8) is 0 Å². The lowest BCUT2D eigenvalue weighted by Crippen LogP contribution is -2.22. The van der Waals surface area contributed by atoms with Crippen LogP contribution in [0.1, 0.15) is 34.5 Å². The van der Waals surface area contributed by atoms with Gasteiger partial charge in [0.05, 0.1) is 5.02 Å². The molecule has 0 aliphatic rings. The molecule has 0 saturated carbocycles. The molecule has 0 aliphatic carbocycles. The SMILES string of the molecule is CCNC(Cc1ccc(C)c(C)c1)c1sccc1Cl. The Morgan fingerprint density at radius 2 is 2.00 bits per heavy atom. The molecule has 0 bridgehead atoms. The first-order valence-corrected chi connectivity index (χ1v) is 7.90. The summed E-state index contributed by atoms with van der Waals surface area (Å²) in [6, 6.07) is 8.98. The van der Waals surface area contributed by atoms with Gasteiger partial charge in [-0.15, -0.1) is 11.3 Å². The second-order valence-electron chi connectivity index (χ2n) is 4.87. The number of hydrogen-bond acceptors (Lipinski definition) is 2. The molecule has 1 heterocycles. The van der Waals surface area contributed by atoms with Crippen LogP contribution in [0.3, 0.4) is 0 Å². The van der Waals surface area contributed by atoms with E-state index in [2.05, 4.69) is 49.7 Å². The Balaban J connectivity index is 2.21. The highest BCUT2D eigenvalue weighted by molar-refractivity contribution is 7.10. The number of halogens is 1. The maximum absolute atomic E-state index is 6.26. The van der Waals surface area contributed by atoms with E-state index in [0.29, 0.717) is 6.04 Å². The quantitative estimate of drug-likeness (QED) is 0.826. The average molecular weight is 294 g/mol. The van der Waals surface area contributed by atoms with E-state index in [1.54, 1.807) is 11.3 Å². The third kappa shape index (κ3) is 3.59. The van der Waals surface area contributed by atoms with Crippen LogP contribution in [0.5, 0.6) is 0 Å². The summed E-state index contributed by atoms with van der Waals surface area (Å²) in [5, 5.41) is 6.47. The Labute approximate surface area is 124 Å². The Morgan fingerprint density at radius 1 is 1.21 bits per heavy atom. The number of hydrogen-bond donors (Lipinski definition) is 1. The predicted octanol–water partition coefficient (Wildman–Crippen LogP) is 4.91. The lowest BCUT2D eigenvalue weighted by Gasteiger charge is -2.18. The molecule has 1 unspecified atom stereocenters. The molecule has 1 aromatic heterocycles. The molecular weight excluding hydrogens is 274 g/mol. The molecule has 2 aromatic rings. The van der Waals surface area contributed by atoms with Crippen LogP contribution >= 0.6 is 22.9 Å². The molecule has 0 saturated heterocycles. The minimum Gasteiger partial charge on any atom is -0.309 e. The van der Waals surface area contributed by atoms with Crippen LogP contribution in [-0.4, -0.2) is 6.54 Å². The fraction of sp³-hybridized carbons (Fsp3) is 0.375. The molecule has 0 spiro atoms. The fourth-order valence-corrected chi connectivity index (χ4v) is 3.49. The van der Waals surface area contributed by atoms with E-state index in [1.807, 2.05) is 6.07 Å². The molecule has 19 heavy (non-hydrogen) atoms. The molecule has 102 valence electrons. The summed E-state index contributed by atoms with van der Waals surface area (Å²) in [6.07, 6.45) is 0.981. The zero-order valence-corrected chi connectivity index (χ0v) is 13.2. The first-order chi connectivity index (χ1) is 9.11. The van der Waals surface area contributed by atoms with Crippen molar-refractivity contribution in [2.24, 2.45) is 0 Å². The van der Waals surface area contributed by atoms with Gasteiger partial charge in [-0.05, 0) is 54.9 Å². The first-order valence-electron chi connectivity index (χ1n) is 6.64. The Kier molecular flexibility index (Phi) is 5.03. The van der Waals surface area contributed by atoms with Gasteiger partial charge in [0.15, 0.2) is 0 Å². The van der Waals surface area contributed by atoms with E-state index >= 15 is 0 Å². The number of rotatable bonds is 5. The van der Waals surface area contributed by atoms with E-state index in [9.17, 15) is 0 Å². The Bertz CT molecular complexity index is 547. The molecule has 2 rings (SSSR count). The van der Waals surface area contributed by atoms with Gasteiger partial charge < -0.3 is 5.32 Å². The van der Waals surface area contributed by atoms with Gasteiger partial charge in [-0.3, -0.25) is 0 Å². The minimum atomic E-state index is 0.305. The zero-order valence-electron chi connectivity index (χ0n) is 11.7. The van der Waals surface area contributed by atoms with Crippen molar-refractivity contribution < 1.29 is 0 Å². The fourth-order valence-electron chi connectivity index (χ4n) is 2.22. The monoisotopic (exact) mass is 293 g/mol. The number of aryl methyl sites for hydroxylation is 2. The second-order valence-corrected chi connectivity index (χ2v) is 6.22. The number of nitrogens with one attached hydrogen (secondary N) is 1. The first kappa shape index (κ1) is 14.6. The van der Waals surface area contributed by atoms with E-state index in [0.717, 1.165) is 18.0 Å². The summed E-state index contributed by atoms with van der Waals surface area (Å²) >= 11 is 7.99. The summed E-state index contributed by atoms with van der Waals surface area (Å²) in [5.41, 5.74) is 4.06. The van der Waals surface area contributed by atoms with Gasteiger partial charge in [0.25, 0.3) is 0 Å². The van der Waals surface area contributed by atoms with Crippen molar-refractivity contribution in [2.45, 2.75) is 33.2 Å². The highest BCUT2D eigenvalue weighted by atomic mass is 35.5. The zero-order chi connectivity index (χ0) is 13.8. The summed E-state index contributed by atoms with van der Waals surface area (Å²) in [4.78, 5) is 1.24. The van der Waals surface area contributed by atoms with Crippen molar-refractivity contribution >= 4 is 22.9 Å². The lowest BCUT2D eigenvalue weighted by atomic mass is 10.00. The minimum absolute atomic E-state index is 0.305. The average Bonchev–Trinajstić information content (AvgIpc) is 2.79. The molecule has 1 aromatic carbocycles. The summed E-state index contributed by atoms with van der Waals surface area (Å²) in [6.45, 7) is 7.40. The van der Waals surface area contributed by atoms with Crippen LogP contribution in [0.15, 0.2) is 29.6 Å². The third-order valence-corrected chi connectivity index (χ3v) is 4.90. The molecule has 0 aliphatic heterocycles. The van der Waals surface area contributed by atoms with Gasteiger partial charge >= 0.3 is 0 Å². The van der Waals surface area contributed by atoms with Crippen molar-refractivity contribution in [3.05, 3.63) is 56.2 Å². The molecule has 1 atom stereocenters. The highest BCUT2D eigenvalue weighted by Crippen LogP contribution is 2.31. The maximum atomic E-state index is 6.26. The summed E-state index contributed by atoms with van der Waals surface area (Å²) in [5.74, 6) is 0. The largest absolute Gasteiger partial charge is 0.309 e. The lowest BCUT2D eigenvalue weighted by molar-refractivity contribution is 0.558. The number of thiophene rings is 1. The Hall–Kier alpha value is -0.830. The van der Waals surface area contributed by atoms with Crippen LogP contribution in [0, 0.1) is 13.8 Å². The predicted molar refractivity (Wildman–Crippen MR) is 85.4 cm³/mol. The number of likely N-dealkylation sites (N-methyl/N-ethyl adjacent to an activating group) is 1. The normalized spacial score (nSPS) is 12.6. The second kappa shape index (κ2) is 6.56. The highest BCUT2D eigenvalue weighted by Gasteiger charge is 2.16. The molecule has 0 fully saturated rings. The van der Waals surface area contributed by atoms with E-state index in [-0.39, 0.29) is 0 Å². The van der Waals surface area contributed by atoms with Gasteiger partial charge in [0, 0.05) is 10.9 Å². The van der Waals surface area contributed by atoms with Crippen LogP contribution in [0.4, 0.5) is 0 Å². The topological polar surface area (TPSA) is 12.0 Å². The molecule has 0 radical (unpaired) electrons. The van der Waals surface area contributed by atoms with Crippen LogP contribution in [-0.2, 0) is 6.42 Å². The van der Waals surface area contributed by atoms with Gasteiger partial charge in [0.2, 0.25) is 0 Å². The molecule has 1 N–H and O–H groups in total. The van der Waals surface area contributed by atoms with Gasteiger partial charge in [-0.25, -0.2) is 0 Å². The van der Waals surface area contributed by atoms with Gasteiger partial charge in [0.1, 0.15) is 0 Å². The Morgan fingerprint density at radius 3 is 2.58 bits per heavy atom. The maximum Gasteiger partial charge on any atom is 0.0561 e. The van der Waals surface area contributed by atoms with Crippen molar-refractivity contribution in [3.8, 4) is 0 Å². The molecule has 3 heteroatoms. The van der Waals surface area contributed by atoms with Gasteiger partial charge in [-0.1, -0.05) is 36.7 Å². The van der Waals surface area contributed by atoms with E-state index in [4.69, 9.17) is 11.6 Å². The van der Waals surface area contributed by atoms with E-state index in [1.165, 1.54) is 21.6 Å². The number of benzene rings is 1. The smallest absolute Gasteiger partial charge is 0.0561 e.